The molecule has 0 amide bonds. The Hall–Kier alpha value is -0.615. The van der Waals surface area contributed by atoms with Gasteiger partial charge in [-0.1, -0.05) is 34.1 Å². The van der Waals surface area contributed by atoms with E-state index < -0.39 is 18.3 Å². The molecule has 1 aromatic rings. The highest BCUT2D eigenvalue weighted by Gasteiger charge is 2.52. The Balaban J connectivity index is 2.31. The summed E-state index contributed by atoms with van der Waals surface area (Å²) < 4.78 is 13.0. The quantitative estimate of drug-likeness (QED) is 0.841. The lowest BCUT2D eigenvalue weighted by atomic mass is 9.77. The molecule has 0 bridgehead atoms. The lowest BCUT2D eigenvalue weighted by molar-refractivity contribution is 0.00578. The van der Waals surface area contributed by atoms with Gasteiger partial charge in [-0.3, -0.25) is 0 Å². The van der Waals surface area contributed by atoms with Crippen LogP contribution in [-0.2, 0) is 9.31 Å². The third kappa shape index (κ3) is 3.42. The summed E-state index contributed by atoms with van der Waals surface area (Å²) in [7, 11) is -0.520. The lowest BCUT2D eigenvalue weighted by Gasteiger charge is -2.32. The molecular formula is C16H22BBrO3. The number of aliphatic hydroxyl groups excluding tert-OH is 1. The van der Waals surface area contributed by atoms with Crippen molar-refractivity contribution >= 4 is 29.1 Å². The molecule has 114 valence electrons. The summed E-state index contributed by atoms with van der Waals surface area (Å²) in [5.41, 5.74) is 2.09. The van der Waals surface area contributed by atoms with Gasteiger partial charge in [-0.15, -0.1) is 0 Å². The van der Waals surface area contributed by atoms with Gasteiger partial charge in [0.15, 0.2) is 0 Å². The van der Waals surface area contributed by atoms with Crippen LogP contribution in [0, 0.1) is 6.92 Å². The van der Waals surface area contributed by atoms with Crippen LogP contribution < -0.4 is 0 Å². The molecular weight excluding hydrogens is 331 g/mol. The van der Waals surface area contributed by atoms with Crippen molar-refractivity contribution < 1.29 is 14.4 Å². The van der Waals surface area contributed by atoms with Gasteiger partial charge in [-0.05, 0) is 57.3 Å². The van der Waals surface area contributed by atoms with Crippen molar-refractivity contribution in [3.8, 4) is 0 Å². The highest BCUT2D eigenvalue weighted by atomic mass is 79.9. The molecule has 0 atom stereocenters. The minimum atomic E-state index is -0.520. The van der Waals surface area contributed by atoms with Crippen molar-refractivity contribution in [3.63, 3.8) is 0 Å². The van der Waals surface area contributed by atoms with E-state index >= 15 is 0 Å². The SMILES string of the molecule is Cc1ccc(C=C(CO)B2OC(C)(C)C(C)(C)O2)c(Br)c1. The molecule has 1 saturated heterocycles. The zero-order valence-electron chi connectivity index (χ0n) is 13.2. The van der Waals surface area contributed by atoms with Gasteiger partial charge in [0, 0.05) is 4.47 Å². The molecule has 1 aliphatic rings. The summed E-state index contributed by atoms with van der Waals surface area (Å²) in [6.07, 6.45) is 1.92. The third-order valence-electron chi connectivity index (χ3n) is 4.24. The normalized spacial score (nSPS) is 20.9. The van der Waals surface area contributed by atoms with Gasteiger partial charge in [0.25, 0.3) is 0 Å². The van der Waals surface area contributed by atoms with Crippen molar-refractivity contribution in [2.75, 3.05) is 6.61 Å². The molecule has 0 radical (unpaired) electrons. The molecule has 1 aromatic carbocycles. The number of aliphatic hydroxyl groups is 1. The van der Waals surface area contributed by atoms with Gasteiger partial charge in [-0.25, -0.2) is 0 Å². The van der Waals surface area contributed by atoms with Crippen molar-refractivity contribution in [2.24, 2.45) is 0 Å². The smallest absolute Gasteiger partial charge is 0.400 e. The molecule has 1 aliphatic heterocycles. The Labute approximate surface area is 135 Å². The van der Waals surface area contributed by atoms with Gasteiger partial charge in [0.2, 0.25) is 0 Å². The largest absolute Gasteiger partial charge is 0.492 e. The van der Waals surface area contributed by atoms with E-state index in [0.717, 1.165) is 15.5 Å². The van der Waals surface area contributed by atoms with E-state index in [4.69, 9.17) is 9.31 Å². The Morgan fingerprint density at radius 1 is 1.24 bits per heavy atom. The second kappa shape index (κ2) is 5.88. The van der Waals surface area contributed by atoms with Crippen LogP contribution in [0.5, 0.6) is 0 Å². The first-order valence-electron chi connectivity index (χ1n) is 7.09. The highest BCUT2D eigenvalue weighted by molar-refractivity contribution is 9.10. The second-order valence-corrected chi connectivity index (χ2v) is 7.34. The molecule has 1 heterocycles. The summed E-state index contributed by atoms with van der Waals surface area (Å²) >= 11 is 3.55. The summed E-state index contributed by atoms with van der Waals surface area (Å²) in [4.78, 5) is 0. The van der Waals surface area contributed by atoms with Crippen LogP contribution in [0.3, 0.4) is 0 Å². The van der Waals surface area contributed by atoms with Crippen LogP contribution in [0.1, 0.15) is 38.8 Å². The minimum Gasteiger partial charge on any atom is -0.400 e. The summed E-state index contributed by atoms with van der Waals surface area (Å²) in [5.74, 6) is 0. The average Bonchev–Trinajstić information content (AvgIpc) is 2.57. The number of hydrogen-bond acceptors (Lipinski definition) is 3. The zero-order valence-corrected chi connectivity index (χ0v) is 14.8. The van der Waals surface area contributed by atoms with Crippen molar-refractivity contribution in [3.05, 3.63) is 39.3 Å². The fraction of sp³-hybridized carbons (Fsp3) is 0.500. The Morgan fingerprint density at radius 3 is 2.29 bits per heavy atom. The van der Waals surface area contributed by atoms with Crippen molar-refractivity contribution in [1.82, 2.24) is 0 Å². The second-order valence-electron chi connectivity index (χ2n) is 6.49. The van der Waals surface area contributed by atoms with Gasteiger partial charge >= 0.3 is 7.12 Å². The monoisotopic (exact) mass is 352 g/mol. The summed E-state index contributed by atoms with van der Waals surface area (Å²) in [6, 6.07) is 6.10. The Kier molecular flexibility index (Phi) is 4.69. The third-order valence-corrected chi connectivity index (χ3v) is 4.92. The molecule has 3 nitrogen and oxygen atoms in total. The van der Waals surface area contributed by atoms with Crippen LogP contribution in [0.4, 0.5) is 0 Å². The van der Waals surface area contributed by atoms with Crippen LogP contribution in [-0.4, -0.2) is 30.0 Å². The molecule has 2 rings (SSSR count). The van der Waals surface area contributed by atoms with E-state index in [2.05, 4.69) is 15.9 Å². The molecule has 0 unspecified atom stereocenters. The van der Waals surface area contributed by atoms with Crippen LogP contribution >= 0.6 is 15.9 Å². The first-order chi connectivity index (χ1) is 9.66. The zero-order chi connectivity index (χ0) is 15.8. The van der Waals surface area contributed by atoms with E-state index in [0.29, 0.717) is 0 Å². The number of rotatable bonds is 3. The molecule has 0 aliphatic carbocycles. The van der Waals surface area contributed by atoms with Crippen LogP contribution in [0.15, 0.2) is 28.1 Å². The predicted octanol–water partition coefficient (Wildman–Crippen LogP) is 3.76. The molecule has 0 saturated carbocycles. The maximum atomic E-state index is 9.69. The Morgan fingerprint density at radius 2 is 1.81 bits per heavy atom. The average molecular weight is 353 g/mol. The predicted molar refractivity (Wildman–Crippen MR) is 90.0 cm³/mol. The minimum absolute atomic E-state index is 0.100. The fourth-order valence-electron chi connectivity index (χ4n) is 2.13. The van der Waals surface area contributed by atoms with Gasteiger partial charge in [0.05, 0.1) is 17.8 Å². The summed E-state index contributed by atoms with van der Waals surface area (Å²) in [6.45, 7) is 9.96. The van der Waals surface area contributed by atoms with E-state index in [9.17, 15) is 5.11 Å². The standard InChI is InChI=1S/C16H22BBrO3/c1-11-6-7-12(14(18)8-11)9-13(10-19)17-20-15(2,3)16(4,5)21-17/h6-9,19H,10H2,1-5H3. The first-order valence-corrected chi connectivity index (χ1v) is 7.89. The van der Waals surface area contributed by atoms with Crippen LogP contribution in [0.2, 0.25) is 0 Å². The molecule has 0 spiro atoms. The lowest BCUT2D eigenvalue weighted by Crippen LogP contribution is -2.41. The highest BCUT2D eigenvalue weighted by Crippen LogP contribution is 2.39. The first kappa shape index (κ1) is 16.8. The maximum absolute atomic E-state index is 9.69. The fourth-order valence-corrected chi connectivity index (χ4v) is 2.74. The number of aryl methyl sites for hydroxylation is 1. The van der Waals surface area contributed by atoms with Gasteiger partial charge in [0.1, 0.15) is 0 Å². The van der Waals surface area contributed by atoms with Crippen molar-refractivity contribution in [2.45, 2.75) is 45.8 Å². The van der Waals surface area contributed by atoms with E-state index in [1.165, 1.54) is 5.56 Å². The number of halogens is 1. The van der Waals surface area contributed by atoms with Crippen LogP contribution in [0.25, 0.3) is 6.08 Å². The van der Waals surface area contributed by atoms with E-state index in [1.54, 1.807) is 0 Å². The number of benzene rings is 1. The van der Waals surface area contributed by atoms with Crippen molar-refractivity contribution in [1.29, 1.82) is 0 Å². The van der Waals surface area contributed by atoms with Gasteiger partial charge < -0.3 is 14.4 Å². The van der Waals surface area contributed by atoms with E-state index in [1.807, 2.05) is 58.9 Å². The molecule has 1 fully saturated rings. The molecule has 21 heavy (non-hydrogen) atoms. The number of hydrogen-bond donors (Lipinski definition) is 1. The Bertz CT molecular complexity index is 551. The maximum Gasteiger partial charge on any atom is 0.492 e. The topological polar surface area (TPSA) is 38.7 Å². The van der Waals surface area contributed by atoms with E-state index in [-0.39, 0.29) is 6.61 Å². The molecule has 1 N–H and O–H groups in total. The summed E-state index contributed by atoms with van der Waals surface area (Å²) in [5, 5.41) is 9.69. The van der Waals surface area contributed by atoms with Gasteiger partial charge in [-0.2, -0.15) is 0 Å². The molecule has 0 aromatic heterocycles. The molecule has 5 heteroatoms.